The molecule has 3 heterocycles. The molecule has 0 unspecified atom stereocenters. The van der Waals surface area contributed by atoms with Crippen molar-refractivity contribution in [1.29, 1.82) is 0 Å². The second-order valence-electron chi connectivity index (χ2n) is 12.5. The van der Waals surface area contributed by atoms with Crippen LogP contribution in [0.3, 0.4) is 0 Å². The van der Waals surface area contributed by atoms with Gasteiger partial charge >= 0.3 is 0 Å². The Labute approximate surface area is 268 Å². The lowest BCUT2D eigenvalue weighted by Crippen LogP contribution is -1.92. The molecule has 11 aromatic rings. The lowest BCUT2D eigenvalue weighted by Gasteiger charge is -2.14. The molecule has 0 saturated heterocycles. The van der Waals surface area contributed by atoms with E-state index < -0.39 is 0 Å². The highest BCUT2D eigenvalue weighted by Crippen LogP contribution is 2.41. The van der Waals surface area contributed by atoms with E-state index in [2.05, 4.69) is 127 Å². The largest absolute Gasteiger partial charge is 0.456 e. The first-order chi connectivity index (χ1) is 23.3. The van der Waals surface area contributed by atoms with Crippen LogP contribution in [-0.2, 0) is 0 Å². The van der Waals surface area contributed by atoms with Gasteiger partial charge in [0.2, 0.25) is 0 Å². The summed E-state index contributed by atoms with van der Waals surface area (Å²) in [5.74, 6) is 0. The molecule has 0 atom stereocenters. The van der Waals surface area contributed by atoms with Crippen LogP contribution in [0, 0.1) is 0 Å². The van der Waals surface area contributed by atoms with Crippen LogP contribution in [0.4, 0.5) is 0 Å². The maximum Gasteiger partial charge on any atom is 0.161 e. The zero-order valence-corrected chi connectivity index (χ0v) is 25.2. The number of nitrogens with zero attached hydrogens (tertiary/aromatic N) is 2. The van der Waals surface area contributed by atoms with Gasteiger partial charge in [-0.25, -0.2) is 9.97 Å². The third-order valence-electron chi connectivity index (χ3n) is 10.0. The van der Waals surface area contributed by atoms with Crippen LogP contribution in [0.1, 0.15) is 0 Å². The van der Waals surface area contributed by atoms with E-state index >= 15 is 0 Å². The smallest absolute Gasteiger partial charge is 0.161 e. The lowest BCUT2D eigenvalue weighted by molar-refractivity contribution is 0.669. The molecule has 3 heteroatoms. The van der Waals surface area contributed by atoms with E-state index in [4.69, 9.17) is 14.4 Å². The number of furan rings is 1. The van der Waals surface area contributed by atoms with Crippen LogP contribution in [-0.4, -0.2) is 9.97 Å². The normalized spacial score (nSPS) is 12.3. The zero-order valence-electron chi connectivity index (χ0n) is 25.2. The summed E-state index contributed by atoms with van der Waals surface area (Å²) in [5.41, 5.74) is 6.61. The standard InChI is InChI=1S/C44H24N2O/c1-4-12-33-27(9-1)25-19-21-31-29-10-2-3-11-30(29)32-15-7-16-36(41(32)37(31)23-25)44-45-38-24-26(20-22-34(38)43(33)46-44)28-14-8-18-40-42(28)35-13-5-6-17-39(35)47-40/h1-24H. The monoisotopic (exact) mass is 596 g/mol. The maximum absolute atomic E-state index is 6.25. The highest BCUT2D eigenvalue weighted by Gasteiger charge is 2.17. The second-order valence-corrected chi connectivity index (χ2v) is 12.5. The molecule has 47 heavy (non-hydrogen) atoms. The average Bonchev–Trinajstić information content (AvgIpc) is 3.52. The molecule has 0 aliphatic heterocycles. The number of hydrogen-bond acceptors (Lipinski definition) is 3. The van der Waals surface area contributed by atoms with Gasteiger partial charge in [0.1, 0.15) is 11.2 Å². The molecule has 0 radical (unpaired) electrons. The first-order valence-electron chi connectivity index (χ1n) is 16.0. The topological polar surface area (TPSA) is 38.9 Å². The summed E-state index contributed by atoms with van der Waals surface area (Å²) in [6.45, 7) is 0. The van der Waals surface area contributed by atoms with Gasteiger partial charge in [-0.05, 0) is 79.2 Å². The van der Waals surface area contributed by atoms with Gasteiger partial charge < -0.3 is 4.42 Å². The van der Waals surface area contributed by atoms with Crippen molar-refractivity contribution >= 4 is 97.9 Å². The third-order valence-corrected chi connectivity index (χ3v) is 10.0. The van der Waals surface area contributed by atoms with Crippen molar-refractivity contribution in [3.63, 3.8) is 0 Å². The summed E-state index contributed by atoms with van der Waals surface area (Å²) in [5, 5.41) is 15.1. The Kier molecular flexibility index (Phi) is 4.84. The van der Waals surface area contributed by atoms with Gasteiger partial charge in [0.05, 0.1) is 11.0 Å². The Bertz CT molecular complexity index is 3140. The SMILES string of the molecule is c1ccc2c(c1)oc1cccc(-c3ccc4c(c3)nc3nc4c4ccccc4c4ccc5c6ccccc6c6cccc3c6c5c4)c12. The predicted molar refractivity (Wildman–Crippen MR) is 197 cm³/mol. The summed E-state index contributed by atoms with van der Waals surface area (Å²) in [6, 6.07) is 52.1. The molecule has 8 aromatic carbocycles. The maximum atomic E-state index is 6.25. The number of benzene rings is 8. The Hall–Kier alpha value is -6.32. The van der Waals surface area contributed by atoms with Crippen molar-refractivity contribution in [2.45, 2.75) is 0 Å². The van der Waals surface area contributed by atoms with Gasteiger partial charge in [0, 0.05) is 32.3 Å². The summed E-state index contributed by atoms with van der Waals surface area (Å²) < 4.78 is 6.25. The number of hydrogen-bond donors (Lipinski definition) is 0. The van der Waals surface area contributed by atoms with Crippen molar-refractivity contribution in [1.82, 2.24) is 9.97 Å². The average molecular weight is 597 g/mol. The lowest BCUT2D eigenvalue weighted by atomic mass is 9.91. The van der Waals surface area contributed by atoms with Gasteiger partial charge in [-0.2, -0.15) is 0 Å². The van der Waals surface area contributed by atoms with Crippen molar-refractivity contribution < 1.29 is 4.42 Å². The van der Waals surface area contributed by atoms with Crippen LogP contribution < -0.4 is 0 Å². The Balaban J connectivity index is 1.35. The van der Waals surface area contributed by atoms with Crippen molar-refractivity contribution in [3.05, 3.63) is 146 Å². The highest BCUT2D eigenvalue weighted by atomic mass is 16.3. The summed E-state index contributed by atoms with van der Waals surface area (Å²) >= 11 is 0. The van der Waals surface area contributed by atoms with E-state index in [0.29, 0.717) is 0 Å². The molecule has 11 rings (SSSR count). The zero-order chi connectivity index (χ0) is 30.6. The van der Waals surface area contributed by atoms with E-state index in [0.717, 1.165) is 65.9 Å². The molecule has 0 spiro atoms. The van der Waals surface area contributed by atoms with Gasteiger partial charge in [-0.1, -0.05) is 115 Å². The van der Waals surface area contributed by atoms with Crippen LogP contribution in [0.2, 0.25) is 0 Å². The predicted octanol–water partition coefficient (Wildman–Crippen LogP) is 12.1. The fourth-order valence-corrected chi connectivity index (χ4v) is 7.94. The Morgan fingerprint density at radius 3 is 1.94 bits per heavy atom. The molecule has 216 valence electrons. The summed E-state index contributed by atoms with van der Waals surface area (Å²) in [4.78, 5) is 10.8. The molecule has 3 aromatic heterocycles. The van der Waals surface area contributed by atoms with Gasteiger partial charge in [0.25, 0.3) is 0 Å². The number of aromatic nitrogens is 2. The number of rotatable bonds is 1. The van der Waals surface area contributed by atoms with E-state index in [1.807, 2.05) is 18.2 Å². The van der Waals surface area contributed by atoms with Crippen molar-refractivity contribution in [2.75, 3.05) is 0 Å². The Morgan fingerprint density at radius 2 is 1.04 bits per heavy atom. The molecule has 0 fully saturated rings. The van der Waals surface area contributed by atoms with Crippen molar-refractivity contribution in [3.8, 4) is 11.1 Å². The molecule has 3 nitrogen and oxygen atoms in total. The van der Waals surface area contributed by atoms with Gasteiger partial charge in [-0.3, -0.25) is 0 Å². The van der Waals surface area contributed by atoms with E-state index in [1.54, 1.807) is 0 Å². The number of para-hydroxylation sites is 1. The Morgan fingerprint density at radius 1 is 0.383 bits per heavy atom. The fourth-order valence-electron chi connectivity index (χ4n) is 7.94. The summed E-state index contributed by atoms with van der Waals surface area (Å²) in [6.07, 6.45) is 0. The second kappa shape index (κ2) is 9.12. The third kappa shape index (κ3) is 3.40. The molecular formula is C44H24N2O. The van der Waals surface area contributed by atoms with Gasteiger partial charge in [0.15, 0.2) is 5.65 Å². The minimum Gasteiger partial charge on any atom is -0.456 e. The highest BCUT2D eigenvalue weighted by molar-refractivity contribution is 6.32. The van der Waals surface area contributed by atoms with Gasteiger partial charge in [-0.15, -0.1) is 0 Å². The first-order valence-corrected chi connectivity index (χ1v) is 16.0. The number of fused-ring (bicyclic) bond motifs is 15. The summed E-state index contributed by atoms with van der Waals surface area (Å²) in [7, 11) is 0. The minimum absolute atomic E-state index is 0.737. The quantitative estimate of drug-likeness (QED) is 0.177. The molecule has 0 aliphatic rings. The van der Waals surface area contributed by atoms with E-state index in [-0.39, 0.29) is 0 Å². The van der Waals surface area contributed by atoms with Crippen LogP contribution in [0.5, 0.6) is 0 Å². The van der Waals surface area contributed by atoms with E-state index in [9.17, 15) is 0 Å². The molecule has 0 saturated carbocycles. The van der Waals surface area contributed by atoms with Crippen LogP contribution in [0.25, 0.3) is 109 Å². The molecule has 0 aliphatic carbocycles. The molecule has 0 N–H and O–H groups in total. The molecule has 4 bridgehead atoms. The fraction of sp³-hybridized carbons (Fsp3) is 0. The molecular weight excluding hydrogens is 572 g/mol. The minimum atomic E-state index is 0.737. The first kappa shape index (κ1) is 24.9. The van der Waals surface area contributed by atoms with Crippen molar-refractivity contribution in [2.24, 2.45) is 0 Å². The van der Waals surface area contributed by atoms with Crippen LogP contribution >= 0.6 is 0 Å². The van der Waals surface area contributed by atoms with E-state index in [1.165, 1.54) is 43.1 Å². The van der Waals surface area contributed by atoms with Crippen LogP contribution in [0.15, 0.2) is 150 Å². The molecule has 0 amide bonds.